The van der Waals surface area contributed by atoms with E-state index in [0.717, 1.165) is 31.7 Å². The zero-order chi connectivity index (χ0) is 32.3. The average molecular weight is 657 g/mol. The van der Waals surface area contributed by atoms with Gasteiger partial charge in [0.1, 0.15) is 22.3 Å². The first kappa shape index (κ1) is 33.9. The molecular formula is C34H35Cl2NO8. The van der Waals surface area contributed by atoms with Crippen LogP contribution in [0.15, 0.2) is 60.7 Å². The van der Waals surface area contributed by atoms with Crippen LogP contribution in [0.1, 0.15) is 91.8 Å². The molecule has 1 aliphatic carbocycles. The normalized spacial score (nSPS) is 16.1. The minimum atomic E-state index is -0.739. The molecule has 1 fully saturated rings. The summed E-state index contributed by atoms with van der Waals surface area (Å²) < 4.78 is 16.2. The number of hydrogen-bond acceptors (Lipinski definition) is 8. The first-order chi connectivity index (χ1) is 21.6. The first-order valence-corrected chi connectivity index (χ1v) is 15.9. The number of nitro groups is 1. The highest BCUT2D eigenvalue weighted by Crippen LogP contribution is 2.34. The molecule has 0 amide bonds. The van der Waals surface area contributed by atoms with Crippen LogP contribution in [0.5, 0.6) is 17.2 Å². The Morgan fingerprint density at radius 2 is 1.36 bits per heavy atom. The summed E-state index contributed by atoms with van der Waals surface area (Å²) in [7, 11) is 0. The summed E-state index contributed by atoms with van der Waals surface area (Å²) in [5.74, 6) is -0.767. The summed E-state index contributed by atoms with van der Waals surface area (Å²) in [6.07, 6.45) is 11.3. The number of benzene rings is 3. The van der Waals surface area contributed by atoms with Crippen molar-refractivity contribution in [2.75, 3.05) is 0 Å². The van der Waals surface area contributed by atoms with Crippen molar-refractivity contribution in [3.63, 3.8) is 0 Å². The Morgan fingerprint density at radius 1 is 0.756 bits per heavy atom. The van der Waals surface area contributed by atoms with E-state index in [1.165, 1.54) is 93.1 Å². The minimum Gasteiger partial charge on any atom is -0.426 e. The van der Waals surface area contributed by atoms with Gasteiger partial charge in [0, 0.05) is 18.2 Å². The molecule has 3 aromatic rings. The molecule has 0 unspecified atom stereocenters. The van der Waals surface area contributed by atoms with E-state index in [4.69, 9.17) is 37.4 Å². The highest BCUT2D eigenvalue weighted by Gasteiger charge is 2.28. The molecule has 1 aliphatic rings. The van der Waals surface area contributed by atoms with Crippen LogP contribution in [-0.2, 0) is 4.79 Å². The fourth-order valence-corrected chi connectivity index (χ4v) is 5.82. The van der Waals surface area contributed by atoms with E-state index in [-0.39, 0.29) is 56.0 Å². The van der Waals surface area contributed by atoms with Crippen LogP contribution in [0.25, 0.3) is 0 Å². The lowest BCUT2D eigenvalue weighted by Crippen LogP contribution is -2.25. The topological polar surface area (TPSA) is 122 Å². The van der Waals surface area contributed by atoms with E-state index in [1.54, 1.807) is 0 Å². The van der Waals surface area contributed by atoms with E-state index in [2.05, 4.69) is 6.92 Å². The van der Waals surface area contributed by atoms with Gasteiger partial charge in [-0.25, -0.2) is 9.59 Å². The van der Waals surface area contributed by atoms with Gasteiger partial charge in [-0.05, 0) is 74.1 Å². The van der Waals surface area contributed by atoms with Crippen LogP contribution >= 0.6 is 23.2 Å². The summed E-state index contributed by atoms with van der Waals surface area (Å²) in [6.45, 7) is 2.22. The molecule has 1 saturated carbocycles. The van der Waals surface area contributed by atoms with Crippen LogP contribution in [0.2, 0.25) is 10.0 Å². The second-order valence-electron chi connectivity index (χ2n) is 11.2. The van der Waals surface area contributed by atoms with Gasteiger partial charge >= 0.3 is 17.9 Å². The Hall–Kier alpha value is -3.95. The number of carbonyl (C=O) groups excluding carboxylic acids is 3. The molecule has 9 nitrogen and oxygen atoms in total. The molecule has 11 heteroatoms. The van der Waals surface area contributed by atoms with E-state index < -0.39 is 16.9 Å². The van der Waals surface area contributed by atoms with Crippen molar-refractivity contribution in [1.29, 1.82) is 0 Å². The summed E-state index contributed by atoms with van der Waals surface area (Å²) in [5, 5.41) is 10.8. The molecule has 45 heavy (non-hydrogen) atoms. The Labute approximate surface area is 271 Å². The number of esters is 3. The Kier molecular flexibility index (Phi) is 12.4. The molecule has 0 spiro atoms. The lowest BCUT2D eigenvalue weighted by atomic mass is 9.80. The monoisotopic (exact) mass is 655 g/mol. The second-order valence-corrected chi connectivity index (χ2v) is 12.0. The fourth-order valence-electron chi connectivity index (χ4n) is 5.33. The van der Waals surface area contributed by atoms with Crippen molar-refractivity contribution in [3.8, 4) is 17.2 Å². The van der Waals surface area contributed by atoms with E-state index in [0.29, 0.717) is 5.92 Å². The molecule has 0 bridgehead atoms. The van der Waals surface area contributed by atoms with E-state index >= 15 is 0 Å². The van der Waals surface area contributed by atoms with Crippen LogP contribution in [-0.4, -0.2) is 22.8 Å². The summed E-state index contributed by atoms with van der Waals surface area (Å²) in [4.78, 5) is 48.3. The molecule has 0 heterocycles. The van der Waals surface area contributed by atoms with Gasteiger partial charge in [-0.1, -0.05) is 68.7 Å². The van der Waals surface area contributed by atoms with Gasteiger partial charge in [0.15, 0.2) is 0 Å². The molecule has 0 saturated heterocycles. The van der Waals surface area contributed by atoms with Gasteiger partial charge in [0.2, 0.25) is 0 Å². The minimum absolute atomic E-state index is 0.0331. The van der Waals surface area contributed by atoms with Crippen LogP contribution in [0.3, 0.4) is 0 Å². The van der Waals surface area contributed by atoms with Gasteiger partial charge in [0.25, 0.3) is 5.69 Å². The zero-order valence-corrected chi connectivity index (χ0v) is 26.5. The number of nitrogens with zero attached hydrogens (tertiary/aromatic N) is 1. The van der Waals surface area contributed by atoms with Gasteiger partial charge in [-0.15, -0.1) is 0 Å². The average Bonchev–Trinajstić information content (AvgIpc) is 3.01. The van der Waals surface area contributed by atoms with Crippen molar-refractivity contribution in [1.82, 2.24) is 0 Å². The Bertz CT molecular complexity index is 1520. The smallest absolute Gasteiger partial charge is 0.345 e. The maximum Gasteiger partial charge on any atom is 0.345 e. The van der Waals surface area contributed by atoms with Crippen molar-refractivity contribution >= 4 is 46.8 Å². The zero-order valence-electron chi connectivity index (χ0n) is 25.0. The molecular weight excluding hydrogens is 621 g/mol. The Morgan fingerprint density at radius 3 is 2.00 bits per heavy atom. The van der Waals surface area contributed by atoms with Gasteiger partial charge in [-0.2, -0.15) is 0 Å². The fraction of sp³-hybridized carbons (Fsp3) is 0.382. The van der Waals surface area contributed by atoms with Gasteiger partial charge in [-0.3, -0.25) is 14.9 Å². The quantitative estimate of drug-likeness (QED) is 0.0586. The molecule has 0 aliphatic heterocycles. The van der Waals surface area contributed by atoms with Crippen LogP contribution < -0.4 is 14.2 Å². The lowest BCUT2D eigenvalue weighted by molar-refractivity contribution is -0.384. The molecule has 238 valence electrons. The number of unbranched alkanes of at least 4 members (excludes halogenated alkanes) is 4. The van der Waals surface area contributed by atoms with Crippen molar-refractivity contribution in [2.24, 2.45) is 11.8 Å². The summed E-state index contributed by atoms with van der Waals surface area (Å²) in [5.41, 5.74) is -0.0896. The molecule has 0 aromatic heterocycles. The van der Waals surface area contributed by atoms with Crippen LogP contribution in [0, 0.1) is 22.0 Å². The van der Waals surface area contributed by atoms with Crippen LogP contribution in [0.4, 0.5) is 5.69 Å². The van der Waals surface area contributed by atoms with Crippen molar-refractivity contribution in [3.05, 3.63) is 92.0 Å². The molecule has 0 radical (unpaired) electrons. The predicted molar refractivity (Wildman–Crippen MR) is 170 cm³/mol. The molecule has 0 N–H and O–H groups in total. The first-order valence-electron chi connectivity index (χ1n) is 15.1. The maximum absolute atomic E-state index is 12.8. The largest absolute Gasteiger partial charge is 0.426 e. The van der Waals surface area contributed by atoms with Gasteiger partial charge < -0.3 is 14.2 Å². The Balaban J connectivity index is 1.25. The maximum atomic E-state index is 12.8. The molecule has 3 aromatic carbocycles. The highest BCUT2D eigenvalue weighted by molar-refractivity contribution is 6.34. The van der Waals surface area contributed by atoms with E-state index in [1.807, 2.05) is 0 Å². The molecule has 0 atom stereocenters. The number of rotatable bonds is 13. The third-order valence-corrected chi connectivity index (χ3v) is 8.52. The summed E-state index contributed by atoms with van der Waals surface area (Å²) in [6, 6.07) is 13.5. The SMILES string of the molecule is CCCCCCC[C@H]1CC[C@H](C(=O)Oc2ccc(C(=O)Oc3ccc(C(=O)Oc4ccc([N+](=O)[O-])c(Cl)c4)cc3)c(Cl)c2)CC1. The van der Waals surface area contributed by atoms with E-state index in [9.17, 15) is 24.5 Å². The molecule has 4 rings (SSSR count). The number of carbonyl (C=O) groups is 3. The second kappa shape index (κ2) is 16.4. The highest BCUT2D eigenvalue weighted by atomic mass is 35.5. The number of hydrogen-bond donors (Lipinski definition) is 0. The van der Waals surface area contributed by atoms with Crippen molar-refractivity contribution < 1.29 is 33.5 Å². The lowest BCUT2D eigenvalue weighted by Gasteiger charge is -2.27. The standard InChI is InChI=1S/C34H35Cl2NO8/c1-2-3-4-5-6-7-22-8-10-23(11-9-22)32(38)44-26-16-18-28(29(35)20-26)34(40)43-25-14-12-24(13-15-25)33(39)45-27-17-19-31(37(41)42)30(36)21-27/h12-23H,2-11H2,1H3/t22-,23-. The number of ether oxygens (including phenoxy) is 3. The third kappa shape index (κ3) is 9.77. The number of halogens is 2. The van der Waals surface area contributed by atoms with Gasteiger partial charge in [0.05, 0.1) is 27.0 Å². The van der Waals surface area contributed by atoms with Crippen molar-refractivity contribution in [2.45, 2.75) is 71.1 Å². The summed E-state index contributed by atoms with van der Waals surface area (Å²) >= 11 is 12.2. The third-order valence-electron chi connectivity index (χ3n) is 7.90. The predicted octanol–water partition coefficient (Wildman–Crippen LogP) is 9.41. The number of nitro benzene ring substituents is 1.